The molecule has 0 radical (unpaired) electrons. The molecule has 0 saturated carbocycles. The van der Waals surface area contributed by atoms with E-state index in [4.69, 9.17) is 0 Å². The topological polar surface area (TPSA) is 54.0 Å². The number of amides is 1. The van der Waals surface area contributed by atoms with Crippen LogP contribution in [0.25, 0.3) is 0 Å². The van der Waals surface area contributed by atoms with Gasteiger partial charge in [-0.3, -0.25) is 9.78 Å². The fraction of sp³-hybridized carbons (Fsp3) is 0.571. The van der Waals surface area contributed by atoms with Gasteiger partial charge in [-0.05, 0) is 44.5 Å². The molecule has 104 valence electrons. The van der Waals surface area contributed by atoms with E-state index in [2.05, 4.69) is 15.6 Å². The zero-order valence-corrected chi connectivity index (χ0v) is 12.1. The van der Waals surface area contributed by atoms with E-state index in [0.29, 0.717) is 11.0 Å². The molecule has 1 aromatic heterocycles. The predicted molar refractivity (Wildman–Crippen MR) is 79.1 cm³/mol. The fourth-order valence-corrected chi connectivity index (χ4v) is 3.19. The lowest BCUT2D eigenvalue weighted by Gasteiger charge is -2.22. The van der Waals surface area contributed by atoms with Crippen molar-refractivity contribution in [3.63, 3.8) is 0 Å². The largest absolute Gasteiger partial charge is 0.349 e. The van der Waals surface area contributed by atoms with Crippen molar-refractivity contribution in [2.24, 2.45) is 0 Å². The zero-order chi connectivity index (χ0) is 13.5. The molecule has 1 saturated heterocycles. The molecule has 0 unspecified atom stereocenters. The van der Waals surface area contributed by atoms with Crippen LogP contribution in [0.1, 0.15) is 31.4 Å². The van der Waals surface area contributed by atoms with Crippen LogP contribution in [0, 0.1) is 0 Å². The first-order chi connectivity index (χ1) is 9.25. The van der Waals surface area contributed by atoms with Gasteiger partial charge in [0.1, 0.15) is 0 Å². The van der Waals surface area contributed by atoms with Crippen molar-refractivity contribution in [1.29, 1.82) is 0 Å². The lowest BCUT2D eigenvalue weighted by atomic mass is 10.1. The van der Waals surface area contributed by atoms with Crippen molar-refractivity contribution < 1.29 is 4.79 Å². The second-order valence-electron chi connectivity index (χ2n) is 4.84. The number of nitrogens with one attached hydrogen (secondary N) is 2. The summed E-state index contributed by atoms with van der Waals surface area (Å²) in [5.41, 5.74) is 1.04. The number of nitrogens with zero attached hydrogens (tertiary/aromatic N) is 1. The van der Waals surface area contributed by atoms with E-state index in [-0.39, 0.29) is 11.9 Å². The number of carbonyl (C=O) groups is 1. The average molecular weight is 279 g/mol. The molecule has 19 heavy (non-hydrogen) atoms. The van der Waals surface area contributed by atoms with Gasteiger partial charge in [-0.2, -0.15) is 0 Å². The molecule has 2 N–H and O–H groups in total. The number of aromatic nitrogens is 1. The van der Waals surface area contributed by atoms with Crippen LogP contribution in [-0.4, -0.2) is 35.0 Å². The highest BCUT2D eigenvalue weighted by atomic mass is 32.2. The Kier molecular flexibility index (Phi) is 5.66. The Labute approximate surface area is 118 Å². The molecule has 0 aliphatic carbocycles. The number of piperidine rings is 1. The predicted octanol–water partition coefficient (Wildman–Crippen LogP) is 1.74. The monoisotopic (exact) mass is 279 g/mol. The van der Waals surface area contributed by atoms with E-state index < -0.39 is 0 Å². The van der Waals surface area contributed by atoms with Gasteiger partial charge in [0.25, 0.3) is 0 Å². The van der Waals surface area contributed by atoms with Gasteiger partial charge in [0.15, 0.2) is 0 Å². The molecule has 1 fully saturated rings. The van der Waals surface area contributed by atoms with Gasteiger partial charge in [-0.15, -0.1) is 11.8 Å². The SMILES string of the molecule is C[C@H](NC(=O)CSC1CCNCC1)c1cccnc1. The third kappa shape index (κ3) is 4.84. The van der Waals surface area contributed by atoms with Crippen molar-refractivity contribution in [3.05, 3.63) is 30.1 Å². The van der Waals surface area contributed by atoms with Gasteiger partial charge in [0.2, 0.25) is 5.91 Å². The van der Waals surface area contributed by atoms with Crippen LogP contribution < -0.4 is 10.6 Å². The maximum atomic E-state index is 11.9. The quantitative estimate of drug-likeness (QED) is 0.862. The van der Waals surface area contributed by atoms with Crippen molar-refractivity contribution in [2.75, 3.05) is 18.8 Å². The minimum absolute atomic E-state index is 0.0230. The highest BCUT2D eigenvalue weighted by Crippen LogP contribution is 2.20. The summed E-state index contributed by atoms with van der Waals surface area (Å²) in [6.45, 7) is 4.14. The lowest BCUT2D eigenvalue weighted by molar-refractivity contribution is -0.119. The highest BCUT2D eigenvalue weighted by molar-refractivity contribution is 8.00. The lowest BCUT2D eigenvalue weighted by Crippen LogP contribution is -2.32. The fourth-order valence-electron chi connectivity index (χ4n) is 2.15. The van der Waals surface area contributed by atoms with Crippen molar-refractivity contribution in [3.8, 4) is 0 Å². The van der Waals surface area contributed by atoms with Crippen LogP contribution in [0.15, 0.2) is 24.5 Å². The Morgan fingerprint density at radius 1 is 1.58 bits per heavy atom. The van der Waals surface area contributed by atoms with Crippen LogP contribution in [0.5, 0.6) is 0 Å². The molecule has 1 atom stereocenters. The van der Waals surface area contributed by atoms with E-state index in [1.165, 1.54) is 0 Å². The standard InChI is InChI=1S/C14H21N3OS/c1-11(12-3-2-6-16-9-12)17-14(18)10-19-13-4-7-15-8-5-13/h2-3,6,9,11,13,15H,4-5,7-8,10H2,1H3,(H,17,18)/t11-/m0/s1. The van der Waals surface area contributed by atoms with E-state index in [0.717, 1.165) is 31.5 Å². The first kappa shape index (κ1) is 14.3. The molecule has 2 heterocycles. The minimum Gasteiger partial charge on any atom is -0.349 e. The van der Waals surface area contributed by atoms with Gasteiger partial charge in [-0.25, -0.2) is 0 Å². The Bertz CT molecular complexity index is 393. The zero-order valence-electron chi connectivity index (χ0n) is 11.3. The Morgan fingerprint density at radius 3 is 3.05 bits per heavy atom. The maximum absolute atomic E-state index is 11.9. The number of hydrogen-bond acceptors (Lipinski definition) is 4. The first-order valence-corrected chi connectivity index (χ1v) is 7.82. The summed E-state index contributed by atoms with van der Waals surface area (Å²) in [5, 5.41) is 6.98. The van der Waals surface area contributed by atoms with Crippen LogP contribution in [0.2, 0.25) is 0 Å². The van der Waals surface area contributed by atoms with Gasteiger partial charge >= 0.3 is 0 Å². The molecule has 0 spiro atoms. The van der Waals surface area contributed by atoms with Crippen molar-refractivity contribution in [1.82, 2.24) is 15.6 Å². The summed E-state index contributed by atoms with van der Waals surface area (Å²) in [6.07, 6.45) is 5.86. The van der Waals surface area contributed by atoms with Gasteiger partial charge in [0.05, 0.1) is 11.8 Å². The van der Waals surface area contributed by atoms with Gasteiger partial charge in [0, 0.05) is 17.6 Å². The number of thioether (sulfide) groups is 1. The average Bonchev–Trinajstić information content (AvgIpc) is 2.47. The molecule has 0 bridgehead atoms. The van der Waals surface area contributed by atoms with E-state index in [9.17, 15) is 4.79 Å². The van der Waals surface area contributed by atoms with Crippen molar-refractivity contribution >= 4 is 17.7 Å². The van der Waals surface area contributed by atoms with E-state index in [1.807, 2.05) is 19.1 Å². The summed E-state index contributed by atoms with van der Waals surface area (Å²) in [7, 11) is 0. The molecule has 0 aromatic carbocycles. The van der Waals surface area contributed by atoms with Crippen LogP contribution >= 0.6 is 11.8 Å². The van der Waals surface area contributed by atoms with Gasteiger partial charge in [-0.1, -0.05) is 6.07 Å². The summed E-state index contributed by atoms with van der Waals surface area (Å²) in [6, 6.07) is 3.90. The van der Waals surface area contributed by atoms with Crippen molar-refractivity contribution in [2.45, 2.75) is 31.1 Å². The maximum Gasteiger partial charge on any atom is 0.230 e. The number of carbonyl (C=O) groups excluding carboxylic acids is 1. The molecular formula is C14H21N3OS. The molecular weight excluding hydrogens is 258 g/mol. The Hall–Kier alpha value is -1.07. The van der Waals surface area contributed by atoms with E-state index >= 15 is 0 Å². The summed E-state index contributed by atoms with van der Waals surface area (Å²) >= 11 is 1.77. The number of rotatable bonds is 5. The third-order valence-electron chi connectivity index (χ3n) is 3.30. The van der Waals surface area contributed by atoms with Crippen LogP contribution in [0.3, 0.4) is 0 Å². The Morgan fingerprint density at radius 2 is 2.37 bits per heavy atom. The van der Waals surface area contributed by atoms with Crippen LogP contribution in [0.4, 0.5) is 0 Å². The Balaban J connectivity index is 1.71. The highest BCUT2D eigenvalue weighted by Gasteiger charge is 2.16. The number of pyridine rings is 1. The summed E-state index contributed by atoms with van der Waals surface area (Å²) < 4.78 is 0. The van der Waals surface area contributed by atoms with E-state index in [1.54, 1.807) is 24.2 Å². The second-order valence-corrected chi connectivity index (χ2v) is 6.12. The normalized spacial score (nSPS) is 17.9. The van der Waals surface area contributed by atoms with Gasteiger partial charge < -0.3 is 10.6 Å². The third-order valence-corrected chi connectivity index (χ3v) is 4.67. The molecule has 2 rings (SSSR count). The molecule has 5 heteroatoms. The summed E-state index contributed by atoms with van der Waals surface area (Å²) in [5.74, 6) is 0.662. The smallest absolute Gasteiger partial charge is 0.230 e. The summed E-state index contributed by atoms with van der Waals surface area (Å²) in [4.78, 5) is 16.0. The second kappa shape index (κ2) is 7.50. The number of hydrogen-bond donors (Lipinski definition) is 2. The molecule has 1 aliphatic heterocycles. The molecule has 1 aliphatic rings. The van der Waals surface area contributed by atoms with Crippen LogP contribution in [-0.2, 0) is 4.79 Å². The first-order valence-electron chi connectivity index (χ1n) is 6.77. The molecule has 1 amide bonds. The molecule has 1 aromatic rings. The molecule has 4 nitrogen and oxygen atoms in total. The minimum atomic E-state index is 0.0230.